The van der Waals surface area contributed by atoms with E-state index in [9.17, 15) is 4.79 Å². The number of hydrogen-bond donors (Lipinski definition) is 1. The van der Waals surface area contributed by atoms with E-state index >= 15 is 0 Å². The van der Waals surface area contributed by atoms with Crippen molar-refractivity contribution in [3.8, 4) is 0 Å². The molecule has 4 heteroatoms. The molecule has 1 N–H and O–H groups in total. The van der Waals surface area contributed by atoms with Crippen LogP contribution in [-0.4, -0.2) is 58.6 Å². The van der Waals surface area contributed by atoms with E-state index in [1.165, 1.54) is 0 Å². The molecule has 1 saturated heterocycles. The van der Waals surface area contributed by atoms with Crippen LogP contribution in [0.3, 0.4) is 0 Å². The van der Waals surface area contributed by atoms with E-state index in [1.807, 2.05) is 0 Å². The Hall–Kier alpha value is -0.610. The fourth-order valence-electron chi connectivity index (χ4n) is 3.11. The summed E-state index contributed by atoms with van der Waals surface area (Å²) in [6, 6.07) is 0.482. The highest BCUT2D eigenvalue weighted by atomic mass is 16.4. The molecule has 1 heterocycles. The number of hydrogen-bond acceptors (Lipinski definition) is 3. The molecular weight excluding hydrogens is 216 g/mol. The molecule has 0 radical (unpaired) electrons. The lowest BCUT2D eigenvalue weighted by atomic mass is 9.94. The van der Waals surface area contributed by atoms with Gasteiger partial charge in [-0.15, -0.1) is 0 Å². The summed E-state index contributed by atoms with van der Waals surface area (Å²) >= 11 is 0. The average Bonchev–Trinajstić information content (AvgIpc) is 2.22. The molecule has 0 aromatic heterocycles. The van der Waals surface area contributed by atoms with Crippen molar-refractivity contribution in [3.63, 3.8) is 0 Å². The largest absolute Gasteiger partial charge is 0.481 e. The zero-order chi connectivity index (χ0) is 13.2. The van der Waals surface area contributed by atoms with Crippen molar-refractivity contribution in [2.45, 2.75) is 58.2 Å². The van der Waals surface area contributed by atoms with Gasteiger partial charge in [0.2, 0.25) is 0 Å². The molecule has 100 valence electrons. The Morgan fingerprint density at radius 2 is 2.06 bits per heavy atom. The molecule has 0 bridgehead atoms. The molecule has 0 aromatic rings. The average molecular weight is 242 g/mol. The Morgan fingerprint density at radius 1 is 1.47 bits per heavy atom. The van der Waals surface area contributed by atoms with E-state index < -0.39 is 5.97 Å². The lowest BCUT2D eigenvalue weighted by Crippen LogP contribution is -2.54. The minimum absolute atomic E-state index is 0.0685. The minimum atomic E-state index is -0.702. The summed E-state index contributed by atoms with van der Waals surface area (Å²) in [4.78, 5) is 15.6. The fourth-order valence-corrected chi connectivity index (χ4v) is 3.11. The van der Waals surface area contributed by atoms with Gasteiger partial charge < -0.3 is 10.0 Å². The van der Waals surface area contributed by atoms with Gasteiger partial charge in [-0.1, -0.05) is 0 Å². The monoisotopic (exact) mass is 242 g/mol. The van der Waals surface area contributed by atoms with Crippen LogP contribution in [0.1, 0.15) is 40.5 Å². The van der Waals surface area contributed by atoms with Crippen LogP contribution in [0.5, 0.6) is 0 Å². The van der Waals surface area contributed by atoms with E-state index in [4.69, 9.17) is 5.11 Å². The van der Waals surface area contributed by atoms with Crippen molar-refractivity contribution in [2.24, 2.45) is 0 Å². The Labute approximate surface area is 105 Å². The van der Waals surface area contributed by atoms with Crippen molar-refractivity contribution in [1.29, 1.82) is 0 Å². The van der Waals surface area contributed by atoms with Gasteiger partial charge in [0.05, 0.1) is 6.42 Å². The molecule has 0 amide bonds. The topological polar surface area (TPSA) is 43.8 Å². The number of aliphatic carboxylic acids is 1. The molecule has 1 aliphatic rings. The minimum Gasteiger partial charge on any atom is -0.481 e. The van der Waals surface area contributed by atoms with Gasteiger partial charge in [-0.3, -0.25) is 9.69 Å². The second-order valence-corrected chi connectivity index (χ2v) is 6.08. The molecule has 0 aliphatic carbocycles. The first-order chi connectivity index (χ1) is 7.74. The highest BCUT2D eigenvalue weighted by molar-refractivity contribution is 5.67. The van der Waals surface area contributed by atoms with Gasteiger partial charge in [-0.2, -0.15) is 0 Å². The molecule has 1 aliphatic heterocycles. The van der Waals surface area contributed by atoms with E-state index in [0.29, 0.717) is 6.04 Å². The van der Waals surface area contributed by atoms with Gasteiger partial charge in [-0.25, -0.2) is 0 Å². The molecule has 0 aromatic carbocycles. The van der Waals surface area contributed by atoms with Crippen molar-refractivity contribution in [1.82, 2.24) is 9.80 Å². The Balaban J connectivity index is 2.96. The van der Waals surface area contributed by atoms with Crippen LogP contribution in [0.2, 0.25) is 0 Å². The van der Waals surface area contributed by atoms with Crippen LogP contribution in [0.15, 0.2) is 0 Å². The normalized spacial score (nSPS) is 27.1. The van der Waals surface area contributed by atoms with Crippen LogP contribution in [0.25, 0.3) is 0 Å². The summed E-state index contributed by atoms with van der Waals surface area (Å²) in [5.74, 6) is -0.702. The summed E-state index contributed by atoms with van der Waals surface area (Å²) < 4.78 is 0. The van der Waals surface area contributed by atoms with Gasteiger partial charge >= 0.3 is 5.97 Å². The number of rotatable bonds is 3. The lowest BCUT2D eigenvalue weighted by Gasteiger charge is -2.44. The van der Waals surface area contributed by atoms with Crippen LogP contribution < -0.4 is 0 Å². The van der Waals surface area contributed by atoms with Gasteiger partial charge in [0.15, 0.2) is 0 Å². The molecule has 1 fully saturated rings. The van der Waals surface area contributed by atoms with E-state index in [1.54, 1.807) is 0 Å². The second kappa shape index (κ2) is 5.36. The third-order valence-electron chi connectivity index (χ3n) is 3.69. The maximum absolute atomic E-state index is 11.0. The molecule has 4 nitrogen and oxygen atoms in total. The first-order valence-corrected chi connectivity index (χ1v) is 6.43. The molecule has 1 rings (SSSR count). The van der Waals surface area contributed by atoms with Gasteiger partial charge in [0.1, 0.15) is 0 Å². The van der Waals surface area contributed by atoms with Crippen LogP contribution in [-0.2, 0) is 4.79 Å². The maximum Gasteiger partial charge on any atom is 0.304 e. The third kappa shape index (κ3) is 3.68. The smallest absolute Gasteiger partial charge is 0.304 e. The quantitative estimate of drug-likeness (QED) is 0.817. The number of carbonyl (C=O) groups is 1. The SMILES string of the molecule is CC(C)N1C(CC(=O)O)CN(C)CCC1(C)C. The molecule has 0 spiro atoms. The van der Waals surface area contributed by atoms with Crippen molar-refractivity contribution >= 4 is 5.97 Å². The number of carboxylic acid groups (broad SMARTS) is 1. The number of carboxylic acids is 1. The molecule has 0 saturated carbocycles. The second-order valence-electron chi connectivity index (χ2n) is 6.08. The highest BCUT2D eigenvalue weighted by Gasteiger charge is 2.38. The summed E-state index contributed by atoms with van der Waals surface area (Å²) in [6.45, 7) is 10.6. The van der Waals surface area contributed by atoms with E-state index in [0.717, 1.165) is 19.5 Å². The predicted molar refractivity (Wildman–Crippen MR) is 69.2 cm³/mol. The number of nitrogens with zero attached hydrogens (tertiary/aromatic N) is 2. The van der Waals surface area contributed by atoms with Crippen LogP contribution in [0, 0.1) is 0 Å². The molecule has 1 atom stereocenters. The zero-order valence-electron chi connectivity index (χ0n) is 11.7. The maximum atomic E-state index is 11.0. The van der Waals surface area contributed by atoms with Crippen molar-refractivity contribution in [2.75, 3.05) is 20.1 Å². The Bertz CT molecular complexity index is 277. The van der Waals surface area contributed by atoms with Gasteiger partial charge in [-0.05, 0) is 47.7 Å². The van der Waals surface area contributed by atoms with E-state index in [-0.39, 0.29) is 18.0 Å². The van der Waals surface area contributed by atoms with Gasteiger partial charge in [0.25, 0.3) is 0 Å². The van der Waals surface area contributed by atoms with Gasteiger partial charge in [0, 0.05) is 24.2 Å². The summed E-state index contributed by atoms with van der Waals surface area (Å²) in [5.41, 5.74) is 0.0685. The number of likely N-dealkylation sites (N-methyl/N-ethyl adjacent to an activating group) is 1. The van der Waals surface area contributed by atoms with Crippen LogP contribution >= 0.6 is 0 Å². The molecule has 17 heavy (non-hydrogen) atoms. The first kappa shape index (κ1) is 14.5. The molecular formula is C13H26N2O2. The van der Waals surface area contributed by atoms with E-state index in [2.05, 4.69) is 44.5 Å². The van der Waals surface area contributed by atoms with Crippen LogP contribution in [0.4, 0.5) is 0 Å². The zero-order valence-corrected chi connectivity index (χ0v) is 11.7. The summed E-state index contributed by atoms with van der Waals surface area (Å²) in [5, 5.41) is 9.07. The Morgan fingerprint density at radius 3 is 2.53 bits per heavy atom. The van der Waals surface area contributed by atoms with Crippen molar-refractivity contribution < 1.29 is 9.90 Å². The third-order valence-corrected chi connectivity index (χ3v) is 3.69. The first-order valence-electron chi connectivity index (χ1n) is 6.43. The summed E-state index contributed by atoms with van der Waals surface area (Å²) in [7, 11) is 2.08. The standard InChI is InChI=1S/C13H26N2O2/c1-10(2)15-11(8-12(16)17)9-14(5)7-6-13(15,3)4/h10-11H,6-9H2,1-5H3,(H,16,17). The summed E-state index contributed by atoms with van der Waals surface area (Å²) in [6.07, 6.45) is 1.31. The predicted octanol–water partition coefficient (Wildman–Crippen LogP) is 1.65. The fraction of sp³-hybridized carbons (Fsp3) is 0.923. The Kier molecular flexibility index (Phi) is 4.55. The molecule has 1 unspecified atom stereocenters. The highest BCUT2D eigenvalue weighted by Crippen LogP contribution is 2.29. The lowest BCUT2D eigenvalue weighted by molar-refractivity contribution is -0.139. The van der Waals surface area contributed by atoms with Crippen molar-refractivity contribution in [3.05, 3.63) is 0 Å².